The van der Waals surface area contributed by atoms with Crippen molar-refractivity contribution in [1.29, 1.82) is 0 Å². The van der Waals surface area contributed by atoms with Crippen molar-refractivity contribution >= 4 is 11.9 Å². The van der Waals surface area contributed by atoms with Gasteiger partial charge < -0.3 is 10.1 Å². The van der Waals surface area contributed by atoms with Crippen LogP contribution in [0, 0.1) is 6.92 Å². The van der Waals surface area contributed by atoms with Gasteiger partial charge in [0.1, 0.15) is 0 Å². The number of nitrogens with zero attached hydrogens (tertiary/aromatic N) is 1. The molecule has 98 valence electrons. The number of pyridine rings is 1. The average Bonchev–Trinajstić information content (AvgIpc) is 2.24. The van der Waals surface area contributed by atoms with Gasteiger partial charge in [-0.2, -0.15) is 0 Å². The minimum absolute atomic E-state index is 0.288. The van der Waals surface area contributed by atoms with Crippen LogP contribution in [0.1, 0.15) is 36.8 Å². The topological polar surface area (TPSA) is 68.3 Å². The van der Waals surface area contributed by atoms with Gasteiger partial charge in [0.2, 0.25) is 0 Å². The molecule has 0 bridgehead atoms. The maximum atomic E-state index is 11.6. The number of rotatable bonds is 3. The zero-order valence-electron chi connectivity index (χ0n) is 11.1. The van der Waals surface area contributed by atoms with E-state index in [2.05, 4.69) is 10.3 Å². The van der Waals surface area contributed by atoms with Crippen LogP contribution >= 0.6 is 0 Å². The maximum absolute atomic E-state index is 11.6. The van der Waals surface area contributed by atoms with Crippen molar-refractivity contribution in [3.8, 4) is 0 Å². The molecule has 0 atom stereocenters. The number of aryl methyl sites for hydroxylation is 1. The molecule has 1 heterocycles. The lowest BCUT2D eigenvalue weighted by Gasteiger charge is -2.20. The number of hydrogen-bond donors (Lipinski definition) is 1. The Hall–Kier alpha value is -1.91. The largest absolute Gasteiger partial charge is 0.452 e. The summed E-state index contributed by atoms with van der Waals surface area (Å²) in [4.78, 5) is 27.0. The molecule has 1 N–H and O–H groups in total. The predicted molar refractivity (Wildman–Crippen MR) is 67.2 cm³/mol. The van der Waals surface area contributed by atoms with E-state index in [4.69, 9.17) is 4.74 Å². The van der Waals surface area contributed by atoms with Gasteiger partial charge in [0.15, 0.2) is 6.61 Å². The van der Waals surface area contributed by atoms with Crippen LogP contribution in [-0.4, -0.2) is 29.0 Å². The van der Waals surface area contributed by atoms with E-state index in [1.807, 2.05) is 27.7 Å². The SMILES string of the molecule is Cc1ccc(C(=O)OCC(=O)NC(C)(C)C)cn1. The highest BCUT2D eigenvalue weighted by molar-refractivity contribution is 5.91. The number of aromatic nitrogens is 1. The summed E-state index contributed by atoms with van der Waals surface area (Å²) >= 11 is 0. The van der Waals surface area contributed by atoms with E-state index in [0.29, 0.717) is 5.56 Å². The highest BCUT2D eigenvalue weighted by Crippen LogP contribution is 2.02. The minimum atomic E-state index is -0.549. The Bertz CT molecular complexity index is 433. The van der Waals surface area contributed by atoms with E-state index >= 15 is 0 Å². The molecule has 5 nitrogen and oxygen atoms in total. The number of amides is 1. The Morgan fingerprint density at radius 3 is 2.50 bits per heavy atom. The van der Waals surface area contributed by atoms with E-state index in [1.54, 1.807) is 12.1 Å². The first-order valence-electron chi connectivity index (χ1n) is 5.69. The molecule has 5 heteroatoms. The lowest BCUT2D eigenvalue weighted by atomic mass is 10.1. The molecule has 1 aromatic rings. The van der Waals surface area contributed by atoms with Crippen molar-refractivity contribution in [2.45, 2.75) is 33.2 Å². The summed E-state index contributed by atoms with van der Waals surface area (Å²) in [5, 5.41) is 2.70. The van der Waals surface area contributed by atoms with Crippen LogP contribution in [0.15, 0.2) is 18.3 Å². The standard InChI is InChI=1S/C13H18N2O3/c1-9-5-6-10(7-14-9)12(17)18-8-11(16)15-13(2,3)4/h5-7H,8H2,1-4H3,(H,15,16). The van der Waals surface area contributed by atoms with Gasteiger partial charge in [0.25, 0.3) is 5.91 Å². The van der Waals surface area contributed by atoms with E-state index < -0.39 is 5.97 Å². The summed E-state index contributed by atoms with van der Waals surface area (Å²) in [6, 6.07) is 3.33. The first-order chi connectivity index (χ1) is 8.28. The molecule has 0 radical (unpaired) electrons. The lowest BCUT2D eigenvalue weighted by Crippen LogP contribution is -2.42. The zero-order valence-corrected chi connectivity index (χ0v) is 11.1. The molecule has 0 fully saturated rings. The number of carbonyl (C=O) groups excluding carboxylic acids is 2. The highest BCUT2D eigenvalue weighted by atomic mass is 16.5. The average molecular weight is 250 g/mol. The van der Waals surface area contributed by atoms with Crippen molar-refractivity contribution in [2.24, 2.45) is 0 Å². The monoisotopic (exact) mass is 250 g/mol. The molecule has 0 aliphatic carbocycles. The molecular formula is C13H18N2O3. The number of hydrogen-bond acceptors (Lipinski definition) is 4. The molecule has 0 aromatic carbocycles. The van der Waals surface area contributed by atoms with Gasteiger partial charge in [-0.05, 0) is 39.8 Å². The Morgan fingerprint density at radius 1 is 1.33 bits per heavy atom. The highest BCUT2D eigenvalue weighted by Gasteiger charge is 2.15. The van der Waals surface area contributed by atoms with Crippen LogP contribution < -0.4 is 5.32 Å². The van der Waals surface area contributed by atoms with Crippen LogP contribution in [0.2, 0.25) is 0 Å². The third-order valence-electron chi connectivity index (χ3n) is 2.00. The van der Waals surface area contributed by atoms with Crippen molar-refractivity contribution in [3.63, 3.8) is 0 Å². The van der Waals surface area contributed by atoms with Crippen molar-refractivity contribution in [1.82, 2.24) is 10.3 Å². The van der Waals surface area contributed by atoms with Gasteiger partial charge >= 0.3 is 5.97 Å². The van der Waals surface area contributed by atoms with Crippen molar-refractivity contribution in [3.05, 3.63) is 29.6 Å². The molecule has 0 unspecified atom stereocenters. The number of nitrogens with one attached hydrogen (secondary N) is 1. The summed E-state index contributed by atoms with van der Waals surface area (Å²) < 4.78 is 4.88. The van der Waals surface area contributed by atoms with Gasteiger partial charge in [-0.1, -0.05) is 0 Å². The van der Waals surface area contributed by atoms with Crippen LogP contribution in [-0.2, 0) is 9.53 Å². The summed E-state index contributed by atoms with van der Waals surface area (Å²) in [6.45, 7) is 7.11. The predicted octanol–water partition coefficient (Wildman–Crippen LogP) is 1.46. The van der Waals surface area contributed by atoms with Crippen LogP contribution in [0.4, 0.5) is 0 Å². The number of esters is 1. The molecule has 0 saturated carbocycles. The fourth-order valence-electron chi connectivity index (χ4n) is 1.26. The van der Waals surface area contributed by atoms with Crippen molar-refractivity contribution < 1.29 is 14.3 Å². The number of carbonyl (C=O) groups is 2. The number of ether oxygens (including phenoxy) is 1. The fourth-order valence-corrected chi connectivity index (χ4v) is 1.26. The molecule has 1 amide bonds. The van der Waals surface area contributed by atoms with Crippen LogP contribution in [0.25, 0.3) is 0 Å². The van der Waals surface area contributed by atoms with Crippen molar-refractivity contribution in [2.75, 3.05) is 6.61 Å². The molecular weight excluding hydrogens is 232 g/mol. The Morgan fingerprint density at radius 2 is 2.00 bits per heavy atom. The maximum Gasteiger partial charge on any atom is 0.340 e. The van der Waals surface area contributed by atoms with E-state index in [9.17, 15) is 9.59 Å². The van der Waals surface area contributed by atoms with Crippen LogP contribution in [0.5, 0.6) is 0 Å². The molecule has 0 aliphatic rings. The first kappa shape index (κ1) is 14.2. The third-order valence-corrected chi connectivity index (χ3v) is 2.00. The van der Waals surface area contributed by atoms with E-state index in [0.717, 1.165) is 5.69 Å². The lowest BCUT2D eigenvalue weighted by molar-refractivity contribution is -0.125. The summed E-state index contributed by atoms with van der Waals surface area (Å²) in [7, 11) is 0. The fraction of sp³-hybridized carbons (Fsp3) is 0.462. The molecule has 0 saturated heterocycles. The summed E-state index contributed by atoms with van der Waals surface area (Å²) in [5.41, 5.74) is 0.815. The van der Waals surface area contributed by atoms with Gasteiger partial charge in [-0.15, -0.1) is 0 Å². The van der Waals surface area contributed by atoms with E-state index in [-0.39, 0.29) is 18.1 Å². The Balaban J connectivity index is 2.47. The Labute approximate surface area is 107 Å². The molecule has 18 heavy (non-hydrogen) atoms. The van der Waals surface area contributed by atoms with Gasteiger partial charge in [0, 0.05) is 17.4 Å². The molecule has 0 spiro atoms. The van der Waals surface area contributed by atoms with Gasteiger partial charge in [-0.25, -0.2) is 4.79 Å². The Kier molecular flexibility index (Phi) is 4.42. The van der Waals surface area contributed by atoms with E-state index in [1.165, 1.54) is 6.20 Å². The summed E-state index contributed by atoms with van der Waals surface area (Å²) in [6.07, 6.45) is 1.43. The smallest absolute Gasteiger partial charge is 0.340 e. The molecule has 0 aliphatic heterocycles. The van der Waals surface area contributed by atoms with Crippen LogP contribution in [0.3, 0.4) is 0 Å². The third kappa shape index (κ3) is 4.95. The second kappa shape index (κ2) is 5.62. The first-order valence-corrected chi connectivity index (χ1v) is 5.69. The zero-order chi connectivity index (χ0) is 13.8. The second-order valence-corrected chi connectivity index (χ2v) is 5.06. The summed E-state index contributed by atoms with van der Waals surface area (Å²) in [5.74, 6) is -0.873. The molecule has 1 rings (SSSR count). The van der Waals surface area contributed by atoms with Gasteiger partial charge in [0.05, 0.1) is 5.56 Å². The van der Waals surface area contributed by atoms with Gasteiger partial charge in [-0.3, -0.25) is 9.78 Å². The second-order valence-electron chi connectivity index (χ2n) is 5.06. The normalized spacial score (nSPS) is 10.9. The quantitative estimate of drug-likeness (QED) is 0.825. The minimum Gasteiger partial charge on any atom is -0.452 e. The molecule has 1 aromatic heterocycles.